The van der Waals surface area contributed by atoms with Crippen molar-refractivity contribution in [2.24, 2.45) is 5.92 Å². The monoisotopic (exact) mass is 168 g/mol. The van der Waals surface area contributed by atoms with E-state index in [0.717, 1.165) is 25.9 Å². The van der Waals surface area contributed by atoms with Crippen molar-refractivity contribution in [1.82, 2.24) is 4.90 Å². The molecule has 1 heterocycles. The minimum absolute atomic E-state index is 0.0358. The number of hydrogen-bond donors (Lipinski definition) is 1. The van der Waals surface area contributed by atoms with Crippen LogP contribution in [0.25, 0.3) is 0 Å². The lowest BCUT2D eigenvalue weighted by molar-refractivity contribution is 0.244. The number of aliphatic hydroxyl groups excluding tert-OH is 1. The lowest BCUT2D eigenvalue weighted by atomic mass is 10.1. The first-order valence-electron chi connectivity index (χ1n) is 4.52. The molecule has 1 rings (SSSR count). The van der Waals surface area contributed by atoms with E-state index in [4.69, 9.17) is 10.4 Å². The van der Waals surface area contributed by atoms with Crippen LogP contribution in [0.3, 0.4) is 0 Å². The normalized spacial score (nSPS) is 26.9. The van der Waals surface area contributed by atoms with E-state index in [1.165, 1.54) is 0 Å². The Kier molecular flexibility index (Phi) is 3.51. The third-order valence-corrected chi connectivity index (χ3v) is 2.59. The van der Waals surface area contributed by atoms with Crippen molar-refractivity contribution in [3.8, 4) is 6.07 Å². The number of likely N-dealkylation sites (tertiary alicyclic amines) is 1. The van der Waals surface area contributed by atoms with Gasteiger partial charge in [0.05, 0.1) is 12.1 Å². The lowest BCUT2D eigenvalue weighted by Gasteiger charge is -2.17. The van der Waals surface area contributed by atoms with Crippen LogP contribution in [0.5, 0.6) is 0 Å². The van der Waals surface area contributed by atoms with E-state index in [1.807, 2.05) is 6.92 Å². The molecule has 1 fully saturated rings. The van der Waals surface area contributed by atoms with Crippen molar-refractivity contribution in [3.63, 3.8) is 0 Å². The van der Waals surface area contributed by atoms with Crippen molar-refractivity contribution >= 4 is 0 Å². The smallest absolute Gasteiger partial charge is 0.0949 e. The minimum Gasteiger partial charge on any atom is -0.396 e. The molecular formula is C9H16N2O. The molecule has 1 N–H and O–H groups in total. The molecule has 1 aliphatic rings. The molecule has 0 aromatic carbocycles. The van der Waals surface area contributed by atoms with Gasteiger partial charge in [-0.15, -0.1) is 0 Å². The summed E-state index contributed by atoms with van der Waals surface area (Å²) >= 11 is 0. The Balaban J connectivity index is 2.31. The topological polar surface area (TPSA) is 47.3 Å². The maximum atomic E-state index is 8.73. The second kappa shape index (κ2) is 4.44. The van der Waals surface area contributed by atoms with Crippen molar-refractivity contribution in [2.75, 3.05) is 19.7 Å². The van der Waals surface area contributed by atoms with Crippen LogP contribution < -0.4 is 0 Å². The highest BCUT2D eigenvalue weighted by Gasteiger charge is 2.24. The van der Waals surface area contributed by atoms with Crippen LogP contribution in [0.1, 0.15) is 19.8 Å². The standard InChI is InChI=1S/C9H16N2O/c1-8(6-10)11-4-2-9(7-11)3-5-12/h8-9,12H,2-5,7H2,1H3. The summed E-state index contributed by atoms with van der Waals surface area (Å²) < 4.78 is 0. The van der Waals surface area contributed by atoms with E-state index in [1.54, 1.807) is 0 Å². The number of nitrogens with zero attached hydrogens (tertiary/aromatic N) is 2. The van der Waals surface area contributed by atoms with Gasteiger partial charge >= 0.3 is 0 Å². The summed E-state index contributed by atoms with van der Waals surface area (Å²) in [6, 6.07) is 2.27. The van der Waals surface area contributed by atoms with Gasteiger partial charge in [-0.25, -0.2) is 0 Å². The zero-order valence-corrected chi connectivity index (χ0v) is 7.53. The quantitative estimate of drug-likeness (QED) is 0.671. The summed E-state index contributed by atoms with van der Waals surface area (Å²) in [7, 11) is 0. The third-order valence-electron chi connectivity index (χ3n) is 2.59. The van der Waals surface area contributed by atoms with Gasteiger partial charge in [0.15, 0.2) is 0 Å². The van der Waals surface area contributed by atoms with Gasteiger partial charge in [0.25, 0.3) is 0 Å². The van der Waals surface area contributed by atoms with Gasteiger partial charge in [-0.05, 0) is 32.2 Å². The summed E-state index contributed by atoms with van der Waals surface area (Å²) in [5.41, 5.74) is 0. The SMILES string of the molecule is CC(C#N)N1CCC(CCO)C1. The molecule has 2 atom stereocenters. The molecule has 68 valence electrons. The van der Waals surface area contributed by atoms with E-state index < -0.39 is 0 Å². The van der Waals surface area contributed by atoms with Gasteiger partial charge in [-0.2, -0.15) is 5.26 Å². The Morgan fingerprint density at radius 2 is 2.50 bits per heavy atom. The van der Waals surface area contributed by atoms with Gasteiger partial charge < -0.3 is 5.11 Å². The second-order valence-corrected chi connectivity index (χ2v) is 3.47. The van der Waals surface area contributed by atoms with E-state index in [2.05, 4.69) is 11.0 Å². The average molecular weight is 168 g/mol. The van der Waals surface area contributed by atoms with Gasteiger partial charge in [-0.3, -0.25) is 4.90 Å². The molecular weight excluding hydrogens is 152 g/mol. The van der Waals surface area contributed by atoms with Crippen LogP contribution in [-0.4, -0.2) is 35.7 Å². The first-order valence-corrected chi connectivity index (χ1v) is 4.52. The van der Waals surface area contributed by atoms with Gasteiger partial charge in [0.2, 0.25) is 0 Å². The summed E-state index contributed by atoms with van der Waals surface area (Å²) in [4.78, 5) is 2.18. The van der Waals surface area contributed by atoms with E-state index in [9.17, 15) is 0 Å². The number of hydrogen-bond acceptors (Lipinski definition) is 3. The highest BCUT2D eigenvalue weighted by atomic mass is 16.3. The Labute approximate surface area is 73.6 Å². The molecule has 3 heteroatoms. The zero-order valence-electron chi connectivity index (χ0n) is 7.53. The molecule has 0 bridgehead atoms. The molecule has 0 aliphatic carbocycles. The Morgan fingerprint density at radius 1 is 1.75 bits per heavy atom. The molecule has 3 nitrogen and oxygen atoms in total. The highest BCUT2D eigenvalue weighted by molar-refractivity contribution is 4.91. The molecule has 0 aromatic rings. The largest absolute Gasteiger partial charge is 0.396 e. The first kappa shape index (κ1) is 9.50. The number of aliphatic hydroxyl groups is 1. The fraction of sp³-hybridized carbons (Fsp3) is 0.889. The van der Waals surface area contributed by atoms with Crippen LogP contribution in [0, 0.1) is 17.2 Å². The first-order chi connectivity index (χ1) is 5.77. The van der Waals surface area contributed by atoms with E-state index in [0.29, 0.717) is 5.92 Å². The summed E-state index contributed by atoms with van der Waals surface area (Å²) in [5, 5.41) is 17.4. The summed E-state index contributed by atoms with van der Waals surface area (Å²) in [6.07, 6.45) is 2.02. The predicted octanol–water partition coefficient (Wildman–Crippen LogP) is 0.603. The van der Waals surface area contributed by atoms with Crippen LogP contribution in [0.2, 0.25) is 0 Å². The Morgan fingerprint density at radius 3 is 3.08 bits per heavy atom. The van der Waals surface area contributed by atoms with Gasteiger partial charge in [-0.1, -0.05) is 0 Å². The maximum Gasteiger partial charge on any atom is 0.0949 e. The van der Waals surface area contributed by atoms with Crippen LogP contribution >= 0.6 is 0 Å². The van der Waals surface area contributed by atoms with Gasteiger partial charge in [0, 0.05) is 13.2 Å². The molecule has 0 aromatic heterocycles. The van der Waals surface area contributed by atoms with Gasteiger partial charge in [0.1, 0.15) is 0 Å². The third kappa shape index (κ3) is 2.20. The molecule has 0 amide bonds. The van der Waals surface area contributed by atoms with Crippen molar-refractivity contribution in [3.05, 3.63) is 0 Å². The van der Waals surface area contributed by atoms with Crippen molar-refractivity contribution in [1.29, 1.82) is 5.26 Å². The Hall–Kier alpha value is -0.590. The molecule has 1 aliphatic heterocycles. The van der Waals surface area contributed by atoms with E-state index in [-0.39, 0.29) is 12.6 Å². The molecule has 0 radical (unpaired) electrons. The maximum absolute atomic E-state index is 8.73. The molecule has 1 saturated heterocycles. The molecule has 2 unspecified atom stereocenters. The van der Waals surface area contributed by atoms with E-state index >= 15 is 0 Å². The minimum atomic E-state index is 0.0358. The van der Waals surface area contributed by atoms with Crippen molar-refractivity contribution < 1.29 is 5.11 Å². The molecule has 12 heavy (non-hydrogen) atoms. The summed E-state index contributed by atoms with van der Waals surface area (Å²) in [5.74, 6) is 0.603. The van der Waals surface area contributed by atoms with Crippen LogP contribution in [0.4, 0.5) is 0 Å². The Bertz CT molecular complexity index is 176. The van der Waals surface area contributed by atoms with Crippen LogP contribution in [-0.2, 0) is 0 Å². The van der Waals surface area contributed by atoms with Crippen molar-refractivity contribution in [2.45, 2.75) is 25.8 Å². The number of rotatable bonds is 3. The fourth-order valence-corrected chi connectivity index (χ4v) is 1.71. The summed E-state index contributed by atoms with van der Waals surface area (Å²) in [6.45, 7) is 4.20. The zero-order chi connectivity index (χ0) is 8.97. The number of nitriles is 1. The fourth-order valence-electron chi connectivity index (χ4n) is 1.71. The second-order valence-electron chi connectivity index (χ2n) is 3.47. The predicted molar refractivity (Wildman–Crippen MR) is 46.5 cm³/mol. The highest BCUT2D eigenvalue weighted by Crippen LogP contribution is 2.20. The average Bonchev–Trinajstić information content (AvgIpc) is 2.52. The molecule has 0 spiro atoms. The lowest BCUT2D eigenvalue weighted by Crippen LogP contribution is -2.29. The molecule has 0 saturated carbocycles. The van der Waals surface area contributed by atoms with Crippen LogP contribution in [0.15, 0.2) is 0 Å².